The SMILES string of the molecule is COc1cccc(N(CC(=O)N(Cc2ccccc2Cl)[C@H](Cc2ccccc2)C(=O)NC2CCCC2)S(=O)(=O)c2ccc(C)cc2)c1. The van der Waals surface area contributed by atoms with Gasteiger partial charge < -0.3 is 15.0 Å². The second-order valence-corrected chi connectivity index (χ2v) is 14.1. The van der Waals surface area contributed by atoms with Crippen molar-refractivity contribution in [3.8, 4) is 5.75 Å². The number of sulfonamides is 1. The van der Waals surface area contributed by atoms with Crippen molar-refractivity contribution < 1.29 is 22.7 Å². The average Bonchev–Trinajstić information content (AvgIpc) is 3.59. The van der Waals surface area contributed by atoms with Gasteiger partial charge in [-0.25, -0.2) is 8.42 Å². The van der Waals surface area contributed by atoms with Crippen molar-refractivity contribution in [1.82, 2.24) is 10.2 Å². The van der Waals surface area contributed by atoms with Crippen molar-refractivity contribution >= 4 is 39.1 Å². The molecule has 0 heterocycles. The molecule has 1 aliphatic carbocycles. The molecule has 246 valence electrons. The highest BCUT2D eigenvalue weighted by Crippen LogP contribution is 2.29. The van der Waals surface area contributed by atoms with Crippen LogP contribution in [0, 0.1) is 6.92 Å². The van der Waals surface area contributed by atoms with Gasteiger partial charge in [-0.05, 0) is 61.2 Å². The molecule has 1 N–H and O–H groups in total. The van der Waals surface area contributed by atoms with Crippen LogP contribution in [0.5, 0.6) is 5.75 Å². The lowest BCUT2D eigenvalue weighted by molar-refractivity contribution is -0.140. The molecule has 4 aromatic carbocycles. The van der Waals surface area contributed by atoms with E-state index in [0.29, 0.717) is 16.3 Å². The Morgan fingerprint density at radius 2 is 1.60 bits per heavy atom. The molecule has 5 rings (SSSR count). The first-order valence-electron chi connectivity index (χ1n) is 15.8. The quantitative estimate of drug-likeness (QED) is 0.174. The van der Waals surface area contributed by atoms with E-state index >= 15 is 0 Å². The third-order valence-corrected chi connectivity index (χ3v) is 10.7. The number of nitrogens with one attached hydrogen (secondary N) is 1. The number of methoxy groups -OCH3 is 1. The number of ether oxygens (including phenoxy) is 1. The van der Waals surface area contributed by atoms with Gasteiger partial charge in [-0.3, -0.25) is 13.9 Å². The smallest absolute Gasteiger partial charge is 0.264 e. The van der Waals surface area contributed by atoms with E-state index in [0.717, 1.165) is 41.1 Å². The highest BCUT2D eigenvalue weighted by Gasteiger charge is 2.36. The summed E-state index contributed by atoms with van der Waals surface area (Å²) in [7, 11) is -2.73. The number of carbonyl (C=O) groups excluding carboxylic acids is 2. The molecule has 4 aromatic rings. The summed E-state index contributed by atoms with van der Waals surface area (Å²) in [6.45, 7) is 1.32. The van der Waals surface area contributed by atoms with E-state index in [1.165, 1.54) is 24.1 Å². The van der Waals surface area contributed by atoms with Gasteiger partial charge in [-0.1, -0.05) is 96.7 Å². The van der Waals surface area contributed by atoms with Gasteiger partial charge in [-0.2, -0.15) is 0 Å². The molecule has 0 radical (unpaired) electrons. The molecule has 0 spiro atoms. The fraction of sp³-hybridized carbons (Fsp3) is 0.297. The fourth-order valence-electron chi connectivity index (χ4n) is 5.86. The maximum absolute atomic E-state index is 14.7. The monoisotopic (exact) mass is 673 g/mol. The van der Waals surface area contributed by atoms with Gasteiger partial charge in [0.2, 0.25) is 11.8 Å². The molecule has 0 saturated heterocycles. The number of benzene rings is 4. The molecule has 0 aromatic heterocycles. The lowest BCUT2D eigenvalue weighted by Gasteiger charge is -2.34. The van der Waals surface area contributed by atoms with Crippen molar-refractivity contribution in [1.29, 1.82) is 0 Å². The van der Waals surface area contributed by atoms with E-state index in [-0.39, 0.29) is 35.5 Å². The first kappa shape index (κ1) is 34.0. The predicted octanol–water partition coefficient (Wildman–Crippen LogP) is 6.55. The Hall–Kier alpha value is -4.34. The topological polar surface area (TPSA) is 96.0 Å². The molecule has 1 saturated carbocycles. The van der Waals surface area contributed by atoms with Crippen LogP contribution in [-0.4, -0.2) is 50.9 Å². The summed E-state index contributed by atoms with van der Waals surface area (Å²) < 4.78 is 35.0. The number of aryl methyl sites for hydroxylation is 1. The minimum absolute atomic E-state index is 0.00459. The van der Waals surface area contributed by atoms with Crippen LogP contribution in [0.4, 0.5) is 5.69 Å². The standard InChI is InChI=1S/C37H40ClN3O5S/c1-27-19-21-33(22-20-27)47(44,45)41(31-16-10-17-32(24-31)46-2)26-36(42)40(25-29-13-6-9-18-34(29)38)35(23-28-11-4-3-5-12-28)37(43)39-30-14-7-8-15-30/h3-6,9-13,16-22,24,30,35H,7-8,14-15,23,25-26H2,1-2H3,(H,39,43)/t35-/m1/s1. The molecular weight excluding hydrogens is 634 g/mol. The Labute approximate surface area is 282 Å². The Kier molecular flexibility index (Phi) is 11.2. The summed E-state index contributed by atoms with van der Waals surface area (Å²) in [6, 6.07) is 28.8. The number of anilines is 1. The van der Waals surface area contributed by atoms with Gasteiger partial charge in [0.05, 0.1) is 17.7 Å². The second-order valence-electron chi connectivity index (χ2n) is 11.8. The summed E-state index contributed by atoms with van der Waals surface area (Å²) in [5.41, 5.74) is 2.67. The molecular formula is C37H40ClN3O5S. The number of rotatable bonds is 13. The van der Waals surface area contributed by atoms with E-state index in [2.05, 4.69) is 5.32 Å². The molecule has 1 fully saturated rings. The van der Waals surface area contributed by atoms with Crippen molar-refractivity contribution in [3.05, 3.63) is 125 Å². The summed E-state index contributed by atoms with van der Waals surface area (Å²) in [6.07, 6.45) is 4.05. The number of hydrogen-bond donors (Lipinski definition) is 1. The molecule has 0 bridgehead atoms. The number of nitrogens with zero attached hydrogens (tertiary/aromatic N) is 2. The van der Waals surface area contributed by atoms with Crippen LogP contribution in [0.2, 0.25) is 5.02 Å². The van der Waals surface area contributed by atoms with Crippen molar-refractivity contribution in [2.24, 2.45) is 0 Å². The van der Waals surface area contributed by atoms with Crippen LogP contribution in [0.1, 0.15) is 42.4 Å². The van der Waals surface area contributed by atoms with Crippen LogP contribution in [0.25, 0.3) is 0 Å². The van der Waals surface area contributed by atoms with E-state index in [4.69, 9.17) is 16.3 Å². The Bertz CT molecular complexity index is 1780. The maximum Gasteiger partial charge on any atom is 0.264 e. The minimum Gasteiger partial charge on any atom is -0.497 e. The van der Waals surface area contributed by atoms with Gasteiger partial charge in [0.15, 0.2) is 0 Å². The molecule has 10 heteroatoms. The third kappa shape index (κ3) is 8.53. The summed E-state index contributed by atoms with van der Waals surface area (Å²) >= 11 is 6.60. The van der Waals surface area contributed by atoms with E-state index in [1.54, 1.807) is 54.6 Å². The Morgan fingerprint density at radius 3 is 2.28 bits per heavy atom. The van der Waals surface area contributed by atoms with Crippen LogP contribution in [0.3, 0.4) is 0 Å². The zero-order valence-electron chi connectivity index (χ0n) is 26.6. The number of hydrogen-bond acceptors (Lipinski definition) is 5. The Balaban J connectivity index is 1.58. The highest BCUT2D eigenvalue weighted by molar-refractivity contribution is 7.92. The largest absolute Gasteiger partial charge is 0.497 e. The summed E-state index contributed by atoms with van der Waals surface area (Å²) in [4.78, 5) is 30.3. The first-order chi connectivity index (χ1) is 22.7. The van der Waals surface area contributed by atoms with Gasteiger partial charge in [0.25, 0.3) is 10.0 Å². The van der Waals surface area contributed by atoms with Gasteiger partial charge in [0, 0.05) is 30.1 Å². The zero-order valence-corrected chi connectivity index (χ0v) is 28.2. The third-order valence-electron chi connectivity index (χ3n) is 8.50. The second kappa shape index (κ2) is 15.5. The van der Waals surface area contributed by atoms with Gasteiger partial charge >= 0.3 is 0 Å². The Morgan fingerprint density at radius 1 is 0.915 bits per heavy atom. The lowest BCUT2D eigenvalue weighted by atomic mass is 10.0. The molecule has 1 atom stereocenters. The number of halogens is 1. The molecule has 0 aliphatic heterocycles. The molecule has 8 nitrogen and oxygen atoms in total. The van der Waals surface area contributed by atoms with Crippen LogP contribution in [-0.2, 0) is 32.6 Å². The minimum atomic E-state index is -4.23. The first-order valence-corrected chi connectivity index (χ1v) is 17.6. The van der Waals surface area contributed by atoms with E-state index in [1.807, 2.05) is 43.3 Å². The molecule has 0 unspecified atom stereocenters. The van der Waals surface area contributed by atoms with Crippen LogP contribution < -0.4 is 14.4 Å². The molecule has 1 aliphatic rings. The van der Waals surface area contributed by atoms with Gasteiger partial charge in [0.1, 0.15) is 18.3 Å². The molecule has 47 heavy (non-hydrogen) atoms. The van der Waals surface area contributed by atoms with Gasteiger partial charge in [-0.15, -0.1) is 0 Å². The number of amides is 2. The van der Waals surface area contributed by atoms with E-state index in [9.17, 15) is 18.0 Å². The van der Waals surface area contributed by atoms with Crippen LogP contribution >= 0.6 is 11.6 Å². The zero-order chi connectivity index (χ0) is 33.4. The maximum atomic E-state index is 14.7. The molecule has 2 amide bonds. The lowest BCUT2D eigenvalue weighted by Crippen LogP contribution is -2.54. The van der Waals surface area contributed by atoms with Crippen molar-refractivity contribution in [3.63, 3.8) is 0 Å². The summed E-state index contributed by atoms with van der Waals surface area (Å²) in [5.74, 6) is -0.397. The van der Waals surface area contributed by atoms with Crippen molar-refractivity contribution in [2.75, 3.05) is 18.0 Å². The van der Waals surface area contributed by atoms with E-state index < -0.39 is 28.5 Å². The summed E-state index contributed by atoms with van der Waals surface area (Å²) in [5, 5.41) is 3.62. The highest BCUT2D eigenvalue weighted by atomic mass is 35.5. The predicted molar refractivity (Wildman–Crippen MR) is 185 cm³/mol. The van der Waals surface area contributed by atoms with Crippen molar-refractivity contribution in [2.45, 2.75) is 62.6 Å². The normalized spacial score (nSPS) is 13.9. The average molecular weight is 674 g/mol. The number of carbonyl (C=O) groups is 2. The van der Waals surface area contributed by atoms with Crippen LogP contribution in [0.15, 0.2) is 108 Å². The fourth-order valence-corrected chi connectivity index (χ4v) is 7.46.